The zero-order chi connectivity index (χ0) is 18.0. The van der Waals surface area contributed by atoms with E-state index in [0.29, 0.717) is 36.9 Å². The average Bonchev–Trinajstić information content (AvgIpc) is 3.11. The molecule has 0 atom stereocenters. The van der Waals surface area contributed by atoms with Gasteiger partial charge in [-0.2, -0.15) is 0 Å². The van der Waals surface area contributed by atoms with E-state index in [9.17, 15) is 14.0 Å². The minimum Gasteiger partial charge on any atom is -0.339 e. The molecule has 1 aromatic heterocycles. The quantitative estimate of drug-likeness (QED) is 0.845. The van der Waals surface area contributed by atoms with Crippen LogP contribution in [0.15, 0.2) is 29.6 Å². The van der Waals surface area contributed by atoms with Crippen LogP contribution in [0.25, 0.3) is 10.6 Å². The van der Waals surface area contributed by atoms with E-state index in [1.807, 2.05) is 13.8 Å². The van der Waals surface area contributed by atoms with Crippen molar-refractivity contribution in [3.05, 3.63) is 41.2 Å². The maximum Gasteiger partial charge on any atom is 0.273 e. The van der Waals surface area contributed by atoms with Gasteiger partial charge >= 0.3 is 0 Å². The van der Waals surface area contributed by atoms with Crippen LogP contribution in [0, 0.1) is 11.7 Å². The van der Waals surface area contributed by atoms with Crippen molar-refractivity contribution in [3.8, 4) is 10.6 Å². The van der Waals surface area contributed by atoms with Gasteiger partial charge in [0.1, 0.15) is 16.5 Å². The molecule has 1 fully saturated rings. The molecule has 25 heavy (non-hydrogen) atoms. The first kappa shape index (κ1) is 17.5. The van der Waals surface area contributed by atoms with Gasteiger partial charge < -0.3 is 9.80 Å². The van der Waals surface area contributed by atoms with Crippen molar-refractivity contribution in [2.75, 3.05) is 26.2 Å². The minimum absolute atomic E-state index is 0.0286. The molecule has 0 radical (unpaired) electrons. The van der Waals surface area contributed by atoms with Crippen molar-refractivity contribution in [2.45, 2.75) is 13.8 Å². The molecule has 7 heteroatoms. The molecule has 132 valence electrons. The largest absolute Gasteiger partial charge is 0.339 e. The predicted octanol–water partition coefficient (Wildman–Crippen LogP) is 2.89. The van der Waals surface area contributed by atoms with Gasteiger partial charge in [0.2, 0.25) is 5.91 Å². The maximum absolute atomic E-state index is 13.0. The fraction of sp³-hybridized carbons (Fsp3) is 0.389. The monoisotopic (exact) mass is 361 g/mol. The van der Waals surface area contributed by atoms with Gasteiger partial charge in [-0.1, -0.05) is 13.8 Å². The molecule has 1 aliphatic rings. The van der Waals surface area contributed by atoms with Gasteiger partial charge in [-0.3, -0.25) is 9.59 Å². The number of hydrogen-bond acceptors (Lipinski definition) is 4. The smallest absolute Gasteiger partial charge is 0.273 e. The molecule has 0 N–H and O–H groups in total. The summed E-state index contributed by atoms with van der Waals surface area (Å²) < 4.78 is 13.0. The molecule has 2 aromatic rings. The number of halogens is 1. The number of benzene rings is 1. The summed E-state index contributed by atoms with van der Waals surface area (Å²) in [6, 6.07) is 6.06. The third-order valence-corrected chi connectivity index (χ3v) is 5.08. The van der Waals surface area contributed by atoms with Gasteiger partial charge in [0.25, 0.3) is 5.91 Å². The zero-order valence-electron chi connectivity index (χ0n) is 14.2. The highest BCUT2D eigenvalue weighted by Crippen LogP contribution is 2.24. The molecule has 0 bridgehead atoms. The zero-order valence-corrected chi connectivity index (χ0v) is 15.1. The Morgan fingerprint density at radius 3 is 2.28 bits per heavy atom. The van der Waals surface area contributed by atoms with Crippen LogP contribution in [-0.4, -0.2) is 52.8 Å². The first-order chi connectivity index (χ1) is 12.0. The van der Waals surface area contributed by atoms with Gasteiger partial charge in [0.15, 0.2) is 0 Å². The van der Waals surface area contributed by atoms with Gasteiger partial charge in [0.05, 0.1) is 0 Å². The Kier molecular flexibility index (Phi) is 5.13. The highest BCUT2D eigenvalue weighted by Gasteiger charge is 2.27. The molecule has 0 spiro atoms. The number of nitrogens with zero attached hydrogens (tertiary/aromatic N) is 3. The van der Waals surface area contributed by atoms with Gasteiger partial charge in [0, 0.05) is 43.0 Å². The highest BCUT2D eigenvalue weighted by molar-refractivity contribution is 7.13. The molecule has 1 aliphatic heterocycles. The second-order valence-electron chi connectivity index (χ2n) is 6.32. The number of rotatable bonds is 3. The van der Waals surface area contributed by atoms with E-state index in [1.165, 1.54) is 23.5 Å². The lowest BCUT2D eigenvalue weighted by Gasteiger charge is -2.35. The minimum atomic E-state index is -0.301. The topological polar surface area (TPSA) is 53.5 Å². The molecule has 0 unspecified atom stereocenters. The van der Waals surface area contributed by atoms with Crippen LogP contribution >= 0.6 is 11.3 Å². The molecule has 0 saturated carbocycles. The second-order valence-corrected chi connectivity index (χ2v) is 7.18. The van der Waals surface area contributed by atoms with Gasteiger partial charge in [-0.25, -0.2) is 9.37 Å². The van der Waals surface area contributed by atoms with Crippen LogP contribution < -0.4 is 0 Å². The number of hydrogen-bond donors (Lipinski definition) is 0. The Hall–Kier alpha value is -2.28. The summed E-state index contributed by atoms with van der Waals surface area (Å²) in [6.45, 7) is 5.90. The predicted molar refractivity (Wildman–Crippen MR) is 94.8 cm³/mol. The Labute approximate surface area is 150 Å². The summed E-state index contributed by atoms with van der Waals surface area (Å²) in [7, 11) is 0. The number of carbonyl (C=O) groups is 2. The van der Waals surface area contributed by atoms with Crippen molar-refractivity contribution >= 4 is 23.2 Å². The summed E-state index contributed by atoms with van der Waals surface area (Å²) in [6.07, 6.45) is 0. The third-order valence-electron chi connectivity index (χ3n) is 4.19. The van der Waals surface area contributed by atoms with Crippen LogP contribution in [0.5, 0.6) is 0 Å². The van der Waals surface area contributed by atoms with Crippen molar-refractivity contribution in [3.63, 3.8) is 0 Å². The summed E-state index contributed by atoms with van der Waals surface area (Å²) >= 11 is 1.36. The Morgan fingerprint density at radius 2 is 1.68 bits per heavy atom. The van der Waals surface area contributed by atoms with E-state index in [0.717, 1.165) is 5.56 Å². The van der Waals surface area contributed by atoms with Crippen molar-refractivity contribution in [1.82, 2.24) is 14.8 Å². The Balaban J connectivity index is 1.65. The standard InChI is InChI=1S/C18H20FN3O2S/c1-12(2)17(23)21-7-9-22(10-8-21)18(24)15-11-25-16(20-15)13-3-5-14(19)6-4-13/h3-6,11-12H,7-10H2,1-2H3. The lowest BCUT2D eigenvalue weighted by Crippen LogP contribution is -2.51. The number of piperazine rings is 1. The Morgan fingerprint density at radius 1 is 1.08 bits per heavy atom. The SMILES string of the molecule is CC(C)C(=O)N1CCN(C(=O)c2csc(-c3ccc(F)cc3)n2)CC1. The molecular formula is C18H20FN3O2S. The maximum atomic E-state index is 13.0. The first-order valence-electron chi connectivity index (χ1n) is 8.25. The van der Waals surface area contributed by atoms with Crippen LogP contribution in [0.4, 0.5) is 4.39 Å². The van der Waals surface area contributed by atoms with Crippen molar-refractivity contribution in [2.24, 2.45) is 5.92 Å². The molecule has 3 rings (SSSR count). The van der Waals surface area contributed by atoms with E-state index >= 15 is 0 Å². The van der Waals surface area contributed by atoms with Crippen LogP contribution in [0.1, 0.15) is 24.3 Å². The number of thiazole rings is 1. The molecule has 5 nitrogen and oxygen atoms in total. The van der Waals surface area contributed by atoms with Crippen LogP contribution in [0.2, 0.25) is 0 Å². The summed E-state index contributed by atoms with van der Waals surface area (Å²) in [5.41, 5.74) is 1.19. The van der Waals surface area contributed by atoms with Crippen molar-refractivity contribution < 1.29 is 14.0 Å². The highest BCUT2D eigenvalue weighted by atomic mass is 32.1. The normalized spacial score (nSPS) is 14.9. The van der Waals surface area contributed by atoms with E-state index in [1.54, 1.807) is 27.3 Å². The van der Waals surface area contributed by atoms with E-state index in [-0.39, 0.29) is 23.5 Å². The lowest BCUT2D eigenvalue weighted by atomic mass is 10.1. The molecule has 0 aliphatic carbocycles. The van der Waals surface area contributed by atoms with Crippen molar-refractivity contribution in [1.29, 1.82) is 0 Å². The molecule has 1 saturated heterocycles. The van der Waals surface area contributed by atoms with E-state index in [4.69, 9.17) is 0 Å². The molecule has 2 amide bonds. The third kappa shape index (κ3) is 3.87. The number of aromatic nitrogens is 1. The molecular weight excluding hydrogens is 341 g/mol. The lowest BCUT2D eigenvalue weighted by molar-refractivity contribution is -0.135. The van der Waals surface area contributed by atoms with Crippen LogP contribution in [-0.2, 0) is 4.79 Å². The summed E-state index contributed by atoms with van der Waals surface area (Å²) in [4.78, 5) is 32.6. The second kappa shape index (κ2) is 7.31. The average molecular weight is 361 g/mol. The summed E-state index contributed by atoms with van der Waals surface area (Å²) in [5, 5.41) is 2.42. The summed E-state index contributed by atoms with van der Waals surface area (Å²) in [5.74, 6) is -0.329. The van der Waals surface area contributed by atoms with E-state index < -0.39 is 0 Å². The number of carbonyl (C=O) groups excluding carboxylic acids is 2. The van der Waals surface area contributed by atoms with Gasteiger partial charge in [-0.15, -0.1) is 11.3 Å². The van der Waals surface area contributed by atoms with Gasteiger partial charge in [-0.05, 0) is 24.3 Å². The fourth-order valence-corrected chi connectivity index (χ4v) is 3.55. The Bertz CT molecular complexity index is 765. The number of amides is 2. The molecule has 1 aromatic carbocycles. The van der Waals surface area contributed by atoms with E-state index in [2.05, 4.69) is 4.98 Å². The fourth-order valence-electron chi connectivity index (χ4n) is 2.75. The van der Waals surface area contributed by atoms with Crippen LogP contribution in [0.3, 0.4) is 0 Å². The first-order valence-corrected chi connectivity index (χ1v) is 9.13. The molecule has 2 heterocycles.